The maximum atomic E-state index is 12.8. The van der Waals surface area contributed by atoms with Crippen molar-refractivity contribution in [2.45, 2.75) is 6.54 Å². The molecule has 0 aliphatic carbocycles. The van der Waals surface area contributed by atoms with E-state index in [-0.39, 0.29) is 12.4 Å². The number of aromatic nitrogens is 4. The fourth-order valence-corrected chi connectivity index (χ4v) is 2.17. The van der Waals surface area contributed by atoms with Crippen LogP contribution >= 0.6 is 11.6 Å². The van der Waals surface area contributed by atoms with Crippen LogP contribution in [0.15, 0.2) is 53.6 Å². The van der Waals surface area contributed by atoms with Crippen LogP contribution in [0.1, 0.15) is 5.56 Å². The van der Waals surface area contributed by atoms with E-state index < -0.39 is 5.91 Å². The van der Waals surface area contributed by atoms with E-state index in [9.17, 15) is 9.18 Å². The average molecular weight is 359 g/mol. The van der Waals surface area contributed by atoms with Gasteiger partial charge in [-0.05, 0) is 35.0 Å². The van der Waals surface area contributed by atoms with Gasteiger partial charge in [0.1, 0.15) is 12.4 Å². The predicted molar refractivity (Wildman–Crippen MR) is 90.4 cm³/mol. The largest absolute Gasteiger partial charge is 0.271 e. The van der Waals surface area contributed by atoms with Gasteiger partial charge in [0, 0.05) is 5.56 Å². The van der Waals surface area contributed by atoms with Gasteiger partial charge in [-0.2, -0.15) is 9.90 Å². The fourth-order valence-electron chi connectivity index (χ4n) is 1.95. The Morgan fingerprint density at radius 3 is 2.76 bits per heavy atom. The number of halogens is 2. The molecule has 0 spiro atoms. The number of hydrazone groups is 1. The molecule has 7 nitrogen and oxygen atoms in total. The van der Waals surface area contributed by atoms with Crippen LogP contribution in [0, 0.1) is 5.82 Å². The molecule has 0 aliphatic rings. The molecule has 0 fully saturated rings. The Hall–Kier alpha value is -3.13. The Labute approximate surface area is 147 Å². The summed E-state index contributed by atoms with van der Waals surface area (Å²) in [4.78, 5) is 13.0. The summed E-state index contributed by atoms with van der Waals surface area (Å²) in [6, 6.07) is 12.8. The van der Waals surface area contributed by atoms with Gasteiger partial charge in [-0.25, -0.2) is 9.82 Å². The highest BCUT2D eigenvalue weighted by Crippen LogP contribution is 2.23. The van der Waals surface area contributed by atoms with E-state index >= 15 is 0 Å². The molecule has 0 radical (unpaired) electrons. The number of hydrogen-bond acceptors (Lipinski definition) is 5. The number of rotatable bonds is 5. The number of hydrogen-bond donors (Lipinski definition) is 1. The first kappa shape index (κ1) is 16.7. The smallest absolute Gasteiger partial charge is 0.263 e. The van der Waals surface area contributed by atoms with E-state index in [1.807, 2.05) is 0 Å². The van der Waals surface area contributed by atoms with Gasteiger partial charge in [-0.15, -0.1) is 10.2 Å². The van der Waals surface area contributed by atoms with Crippen molar-refractivity contribution in [3.05, 3.63) is 64.9 Å². The number of amides is 1. The summed E-state index contributed by atoms with van der Waals surface area (Å²) in [5, 5.41) is 16.1. The molecule has 0 aliphatic heterocycles. The topological polar surface area (TPSA) is 85.1 Å². The van der Waals surface area contributed by atoms with Crippen LogP contribution in [-0.2, 0) is 11.3 Å². The molecule has 9 heteroatoms. The molecule has 3 rings (SSSR count). The Balaban J connectivity index is 1.58. The van der Waals surface area contributed by atoms with Gasteiger partial charge >= 0.3 is 0 Å². The molecule has 0 unspecified atom stereocenters. The zero-order chi connectivity index (χ0) is 17.6. The van der Waals surface area contributed by atoms with Crippen LogP contribution in [0.5, 0.6) is 0 Å². The summed E-state index contributed by atoms with van der Waals surface area (Å²) < 4.78 is 12.8. The number of nitrogens with one attached hydrogen (secondary N) is 1. The molecular formula is C16H12ClFN6O. The van der Waals surface area contributed by atoms with Crippen LogP contribution in [0.25, 0.3) is 11.4 Å². The van der Waals surface area contributed by atoms with Crippen molar-refractivity contribution in [3.8, 4) is 11.4 Å². The Morgan fingerprint density at radius 1 is 1.24 bits per heavy atom. The van der Waals surface area contributed by atoms with Gasteiger partial charge in [0.05, 0.1) is 11.2 Å². The van der Waals surface area contributed by atoms with E-state index in [2.05, 4.69) is 25.9 Å². The standard InChI is InChI=1S/C16H12ClFN6O/c17-14-4-2-1-3-13(14)16-21-23-24(22-16)10-15(25)20-19-9-11-5-7-12(18)8-6-11/h1-9H,10H2,(H,20,25). The van der Waals surface area contributed by atoms with E-state index in [1.54, 1.807) is 36.4 Å². The van der Waals surface area contributed by atoms with E-state index in [0.717, 1.165) is 4.80 Å². The Kier molecular flexibility index (Phi) is 5.10. The van der Waals surface area contributed by atoms with Gasteiger partial charge in [0.25, 0.3) is 5.91 Å². The van der Waals surface area contributed by atoms with Crippen LogP contribution in [0.4, 0.5) is 4.39 Å². The zero-order valence-corrected chi connectivity index (χ0v) is 13.6. The summed E-state index contributed by atoms with van der Waals surface area (Å²) >= 11 is 6.07. The molecule has 2 aromatic carbocycles. The quantitative estimate of drug-likeness (QED) is 0.560. The monoisotopic (exact) mass is 358 g/mol. The Morgan fingerprint density at radius 2 is 2.00 bits per heavy atom. The first-order valence-corrected chi connectivity index (χ1v) is 7.60. The minimum atomic E-state index is -0.429. The summed E-state index contributed by atoms with van der Waals surface area (Å²) in [6.45, 7) is -0.155. The van der Waals surface area contributed by atoms with Crippen molar-refractivity contribution in [2.75, 3.05) is 0 Å². The van der Waals surface area contributed by atoms with E-state index in [4.69, 9.17) is 11.6 Å². The lowest BCUT2D eigenvalue weighted by molar-refractivity contribution is -0.122. The maximum absolute atomic E-state index is 12.8. The minimum Gasteiger partial charge on any atom is -0.271 e. The van der Waals surface area contributed by atoms with Gasteiger partial charge in [0.2, 0.25) is 5.82 Å². The average Bonchev–Trinajstić information content (AvgIpc) is 3.05. The number of carbonyl (C=O) groups excluding carboxylic acids is 1. The molecule has 1 N–H and O–H groups in total. The highest BCUT2D eigenvalue weighted by molar-refractivity contribution is 6.33. The third kappa shape index (κ3) is 4.45. The SMILES string of the molecule is O=C(Cn1nnc(-c2ccccc2Cl)n1)NN=Cc1ccc(F)cc1. The van der Waals surface area contributed by atoms with E-state index in [0.29, 0.717) is 22.0 Å². The highest BCUT2D eigenvalue weighted by Gasteiger charge is 2.11. The van der Waals surface area contributed by atoms with Crippen LogP contribution in [-0.4, -0.2) is 32.3 Å². The van der Waals surface area contributed by atoms with Crippen molar-refractivity contribution >= 4 is 23.7 Å². The molecule has 0 atom stereocenters. The normalized spacial score (nSPS) is 11.0. The molecule has 0 saturated carbocycles. The van der Waals surface area contributed by atoms with Crippen LogP contribution in [0.2, 0.25) is 5.02 Å². The lowest BCUT2D eigenvalue weighted by Crippen LogP contribution is -2.24. The highest BCUT2D eigenvalue weighted by atomic mass is 35.5. The van der Waals surface area contributed by atoms with Gasteiger partial charge in [0.15, 0.2) is 0 Å². The fraction of sp³-hybridized carbons (Fsp3) is 0.0625. The molecular weight excluding hydrogens is 347 g/mol. The number of benzene rings is 2. The van der Waals surface area contributed by atoms with Gasteiger partial charge in [-0.3, -0.25) is 4.79 Å². The number of nitrogens with zero attached hydrogens (tertiary/aromatic N) is 5. The van der Waals surface area contributed by atoms with Crippen LogP contribution < -0.4 is 5.43 Å². The van der Waals surface area contributed by atoms with Crippen molar-refractivity contribution in [1.82, 2.24) is 25.6 Å². The molecule has 1 heterocycles. The number of carbonyl (C=O) groups is 1. The first-order chi connectivity index (χ1) is 12.1. The molecule has 25 heavy (non-hydrogen) atoms. The van der Waals surface area contributed by atoms with E-state index in [1.165, 1.54) is 18.3 Å². The first-order valence-electron chi connectivity index (χ1n) is 7.22. The van der Waals surface area contributed by atoms with Crippen molar-refractivity contribution in [2.24, 2.45) is 5.10 Å². The minimum absolute atomic E-state index is 0.155. The molecule has 1 aromatic heterocycles. The van der Waals surface area contributed by atoms with Crippen LogP contribution in [0.3, 0.4) is 0 Å². The van der Waals surface area contributed by atoms with Gasteiger partial charge < -0.3 is 0 Å². The molecule has 0 saturated heterocycles. The van der Waals surface area contributed by atoms with Gasteiger partial charge in [-0.1, -0.05) is 35.9 Å². The predicted octanol–water partition coefficient (Wildman–Crippen LogP) is 2.28. The Bertz CT molecular complexity index is 909. The second-order valence-electron chi connectivity index (χ2n) is 4.97. The third-order valence-corrected chi connectivity index (χ3v) is 3.46. The second kappa shape index (κ2) is 7.63. The summed E-state index contributed by atoms with van der Waals surface area (Å²) in [5.74, 6) is -0.442. The molecule has 3 aromatic rings. The lowest BCUT2D eigenvalue weighted by Gasteiger charge is -1.99. The summed E-state index contributed by atoms with van der Waals surface area (Å²) in [5.41, 5.74) is 3.62. The maximum Gasteiger partial charge on any atom is 0.263 e. The lowest BCUT2D eigenvalue weighted by atomic mass is 10.2. The van der Waals surface area contributed by atoms with Crippen molar-refractivity contribution in [3.63, 3.8) is 0 Å². The molecule has 0 bridgehead atoms. The number of tetrazole rings is 1. The second-order valence-corrected chi connectivity index (χ2v) is 5.38. The van der Waals surface area contributed by atoms with Crippen molar-refractivity contribution < 1.29 is 9.18 Å². The molecule has 1 amide bonds. The third-order valence-electron chi connectivity index (χ3n) is 3.13. The zero-order valence-electron chi connectivity index (χ0n) is 12.8. The summed E-state index contributed by atoms with van der Waals surface area (Å²) in [6.07, 6.45) is 1.40. The van der Waals surface area contributed by atoms with Crippen molar-refractivity contribution in [1.29, 1.82) is 0 Å². The molecule has 126 valence electrons. The summed E-state index contributed by atoms with van der Waals surface area (Å²) in [7, 11) is 0.